The van der Waals surface area contributed by atoms with E-state index in [1.54, 1.807) is 0 Å². The highest BCUT2D eigenvalue weighted by Gasteiger charge is 2.38. The molecule has 1 aliphatic carbocycles. The summed E-state index contributed by atoms with van der Waals surface area (Å²) in [6.07, 6.45) is 5.52. The van der Waals surface area contributed by atoms with Crippen molar-refractivity contribution in [1.29, 1.82) is 0 Å². The normalized spacial score (nSPS) is 26.1. The zero-order valence-corrected chi connectivity index (χ0v) is 12.0. The van der Waals surface area contributed by atoms with Gasteiger partial charge in [-0.05, 0) is 36.5 Å². The van der Waals surface area contributed by atoms with Gasteiger partial charge in [0.25, 0.3) is 0 Å². The van der Waals surface area contributed by atoms with Gasteiger partial charge in [-0.1, -0.05) is 54.1 Å². The number of hydrogen-bond donors (Lipinski definition) is 1. The Kier molecular flexibility index (Phi) is 2.85. The Balaban J connectivity index is 1.81. The third-order valence-corrected chi connectivity index (χ3v) is 4.78. The smallest absolute Gasteiger partial charge is 0.146 e. The van der Waals surface area contributed by atoms with E-state index in [4.69, 9.17) is 0 Å². The minimum atomic E-state index is -0.150. The van der Waals surface area contributed by atoms with Gasteiger partial charge in [-0.2, -0.15) is 0 Å². The van der Waals surface area contributed by atoms with Gasteiger partial charge in [0.1, 0.15) is 5.82 Å². The highest BCUT2D eigenvalue weighted by atomic mass is 19.1. The van der Waals surface area contributed by atoms with Crippen LogP contribution in [0.15, 0.2) is 54.6 Å². The van der Waals surface area contributed by atoms with Crippen molar-refractivity contribution >= 4 is 5.69 Å². The van der Waals surface area contributed by atoms with Crippen molar-refractivity contribution in [3.63, 3.8) is 0 Å². The number of anilines is 1. The van der Waals surface area contributed by atoms with Crippen LogP contribution in [-0.4, -0.2) is 0 Å². The summed E-state index contributed by atoms with van der Waals surface area (Å²) < 4.78 is 14.2. The predicted octanol–water partition coefficient (Wildman–Crippen LogP) is 4.96. The maximum atomic E-state index is 14.2. The SMILES string of the molecule is Cc1ccc([C@@H]2Nc3c(F)cccc3[C@@H]3C=CC[C@@H]32)cc1. The van der Waals surface area contributed by atoms with Crippen molar-refractivity contribution in [1.82, 2.24) is 0 Å². The van der Waals surface area contributed by atoms with Crippen LogP contribution in [0.3, 0.4) is 0 Å². The molecule has 0 bridgehead atoms. The maximum absolute atomic E-state index is 14.2. The summed E-state index contributed by atoms with van der Waals surface area (Å²) in [7, 11) is 0. The van der Waals surface area contributed by atoms with Crippen molar-refractivity contribution in [3.8, 4) is 0 Å². The van der Waals surface area contributed by atoms with Gasteiger partial charge in [0.05, 0.1) is 11.7 Å². The second-order valence-corrected chi connectivity index (χ2v) is 6.09. The quantitative estimate of drug-likeness (QED) is 0.727. The second-order valence-electron chi connectivity index (χ2n) is 6.09. The summed E-state index contributed by atoms with van der Waals surface area (Å²) in [5.74, 6) is 0.647. The number of para-hydroxylation sites is 1. The summed E-state index contributed by atoms with van der Waals surface area (Å²) in [6, 6.07) is 14.2. The number of rotatable bonds is 1. The highest BCUT2D eigenvalue weighted by Crippen LogP contribution is 2.50. The van der Waals surface area contributed by atoms with Crippen LogP contribution in [0.25, 0.3) is 0 Å². The maximum Gasteiger partial charge on any atom is 0.146 e. The molecule has 0 aromatic heterocycles. The Hall–Kier alpha value is -2.09. The molecular weight excluding hydrogens is 261 g/mol. The van der Waals surface area contributed by atoms with Crippen molar-refractivity contribution in [2.24, 2.45) is 5.92 Å². The molecule has 2 heteroatoms. The van der Waals surface area contributed by atoms with Crippen LogP contribution in [0.2, 0.25) is 0 Å². The number of halogens is 1. The van der Waals surface area contributed by atoms with Gasteiger partial charge in [0.2, 0.25) is 0 Å². The lowest BCUT2D eigenvalue weighted by atomic mass is 9.77. The first-order valence-electron chi connectivity index (χ1n) is 7.52. The van der Waals surface area contributed by atoms with Crippen LogP contribution >= 0.6 is 0 Å². The van der Waals surface area contributed by atoms with Crippen molar-refractivity contribution in [3.05, 3.63) is 77.1 Å². The van der Waals surface area contributed by atoms with Gasteiger partial charge >= 0.3 is 0 Å². The van der Waals surface area contributed by atoms with Gasteiger partial charge in [-0.3, -0.25) is 0 Å². The molecule has 2 aliphatic rings. The fraction of sp³-hybridized carbons (Fsp3) is 0.263. The molecule has 1 aliphatic heterocycles. The number of aryl methyl sites for hydroxylation is 1. The summed E-state index contributed by atoms with van der Waals surface area (Å²) in [5.41, 5.74) is 4.27. The Morgan fingerprint density at radius 1 is 1.10 bits per heavy atom. The lowest BCUT2D eigenvalue weighted by Crippen LogP contribution is -2.29. The molecule has 0 saturated carbocycles. The Bertz CT molecular complexity index is 702. The number of fused-ring (bicyclic) bond motifs is 3. The molecule has 0 fully saturated rings. The zero-order chi connectivity index (χ0) is 14.4. The van der Waals surface area contributed by atoms with Crippen molar-refractivity contribution < 1.29 is 4.39 Å². The van der Waals surface area contributed by atoms with E-state index >= 15 is 0 Å². The standard InChI is InChI=1S/C19H18FN/c1-12-8-10-13(11-9-12)18-15-5-2-4-14(15)16-6-3-7-17(20)19(16)21-18/h2-4,6-11,14-15,18,21H,5H2,1H3/t14-,15+,18+/m1/s1. The fourth-order valence-corrected chi connectivity index (χ4v) is 3.69. The molecule has 0 radical (unpaired) electrons. The molecule has 1 nitrogen and oxygen atoms in total. The molecule has 0 spiro atoms. The van der Waals surface area contributed by atoms with Crippen LogP contribution in [-0.2, 0) is 0 Å². The Morgan fingerprint density at radius 3 is 2.71 bits per heavy atom. The number of hydrogen-bond acceptors (Lipinski definition) is 1. The lowest BCUT2D eigenvalue weighted by Gasteiger charge is -2.37. The van der Waals surface area contributed by atoms with Crippen molar-refractivity contribution in [2.45, 2.75) is 25.3 Å². The van der Waals surface area contributed by atoms with E-state index in [2.05, 4.69) is 48.7 Å². The summed E-state index contributed by atoms with van der Waals surface area (Å²) in [6.45, 7) is 2.09. The Labute approximate surface area is 124 Å². The Morgan fingerprint density at radius 2 is 1.90 bits per heavy atom. The van der Waals surface area contributed by atoms with Crippen LogP contribution in [0, 0.1) is 18.7 Å². The zero-order valence-electron chi connectivity index (χ0n) is 12.0. The van der Waals surface area contributed by atoms with Crippen LogP contribution in [0.1, 0.15) is 35.1 Å². The van der Waals surface area contributed by atoms with Crippen molar-refractivity contribution in [2.75, 3.05) is 5.32 Å². The number of allylic oxidation sites excluding steroid dienone is 2. The molecule has 0 saturated heterocycles. The summed E-state index contributed by atoms with van der Waals surface area (Å²) in [4.78, 5) is 0. The van der Waals surface area contributed by atoms with Crippen LogP contribution < -0.4 is 5.32 Å². The molecule has 21 heavy (non-hydrogen) atoms. The first kappa shape index (κ1) is 12.6. The summed E-state index contributed by atoms with van der Waals surface area (Å²) in [5, 5.41) is 3.46. The third kappa shape index (κ3) is 1.98. The molecule has 1 N–H and O–H groups in total. The molecule has 106 valence electrons. The van der Waals surface area contributed by atoms with E-state index < -0.39 is 0 Å². The first-order chi connectivity index (χ1) is 10.2. The van der Waals surface area contributed by atoms with E-state index in [1.165, 1.54) is 17.2 Å². The van der Waals surface area contributed by atoms with E-state index in [0.29, 0.717) is 17.5 Å². The third-order valence-electron chi connectivity index (χ3n) is 4.78. The molecule has 2 aromatic rings. The average molecular weight is 279 g/mol. The van der Waals surface area contributed by atoms with E-state index in [1.807, 2.05) is 12.1 Å². The number of nitrogens with one attached hydrogen (secondary N) is 1. The van der Waals surface area contributed by atoms with Crippen LogP contribution in [0.5, 0.6) is 0 Å². The number of benzene rings is 2. The molecule has 2 aromatic carbocycles. The predicted molar refractivity (Wildman–Crippen MR) is 83.9 cm³/mol. The van der Waals surface area contributed by atoms with Gasteiger partial charge in [-0.25, -0.2) is 4.39 Å². The van der Waals surface area contributed by atoms with Gasteiger partial charge in [-0.15, -0.1) is 0 Å². The van der Waals surface area contributed by atoms with E-state index in [9.17, 15) is 4.39 Å². The molecule has 0 amide bonds. The monoisotopic (exact) mass is 279 g/mol. The van der Waals surface area contributed by atoms with Gasteiger partial charge in [0, 0.05) is 5.92 Å². The average Bonchev–Trinajstić information content (AvgIpc) is 2.98. The minimum absolute atomic E-state index is 0.150. The molecule has 1 heterocycles. The topological polar surface area (TPSA) is 12.0 Å². The second kappa shape index (κ2) is 4.73. The fourth-order valence-electron chi connectivity index (χ4n) is 3.69. The van der Waals surface area contributed by atoms with Gasteiger partial charge in [0.15, 0.2) is 0 Å². The molecule has 4 rings (SSSR count). The molecular formula is C19H18FN. The summed E-state index contributed by atoms with van der Waals surface area (Å²) >= 11 is 0. The van der Waals surface area contributed by atoms with Crippen LogP contribution in [0.4, 0.5) is 10.1 Å². The first-order valence-corrected chi connectivity index (χ1v) is 7.52. The highest BCUT2D eigenvalue weighted by molar-refractivity contribution is 5.60. The molecule has 0 unspecified atom stereocenters. The van der Waals surface area contributed by atoms with Gasteiger partial charge < -0.3 is 5.32 Å². The van der Waals surface area contributed by atoms with E-state index in [-0.39, 0.29) is 11.9 Å². The van der Waals surface area contributed by atoms with E-state index in [0.717, 1.165) is 12.0 Å². The minimum Gasteiger partial charge on any atom is -0.375 e. The lowest BCUT2D eigenvalue weighted by molar-refractivity contribution is 0.421. The largest absolute Gasteiger partial charge is 0.375 e. The molecule has 3 atom stereocenters.